The first kappa shape index (κ1) is 16.3. The van der Waals surface area contributed by atoms with Crippen LogP contribution in [0.3, 0.4) is 0 Å². The van der Waals surface area contributed by atoms with Crippen LogP contribution in [0.1, 0.15) is 16.1 Å². The number of nitrogens with zero attached hydrogens (tertiary/aromatic N) is 1. The molecule has 26 heavy (non-hydrogen) atoms. The van der Waals surface area contributed by atoms with E-state index in [1.807, 2.05) is 78.2 Å². The highest BCUT2D eigenvalue weighted by molar-refractivity contribution is 7.10. The molecule has 4 aromatic rings. The molecular formula is C21H17N3OS. The molecule has 2 aromatic carbocycles. The topological polar surface area (TPSA) is 57.8 Å². The summed E-state index contributed by atoms with van der Waals surface area (Å²) in [6, 6.07) is 19.7. The third kappa shape index (κ3) is 3.58. The number of carbonyl (C=O) groups excluding carboxylic acids is 1. The molecule has 0 aliphatic carbocycles. The van der Waals surface area contributed by atoms with Crippen molar-refractivity contribution in [1.29, 1.82) is 0 Å². The molecule has 0 fully saturated rings. The van der Waals surface area contributed by atoms with Crippen LogP contribution < -0.4 is 5.32 Å². The molecule has 0 aliphatic rings. The number of aromatic nitrogens is 2. The van der Waals surface area contributed by atoms with Crippen molar-refractivity contribution in [1.82, 2.24) is 10.2 Å². The number of rotatable bonds is 5. The van der Waals surface area contributed by atoms with Crippen molar-refractivity contribution in [2.45, 2.75) is 6.42 Å². The molecule has 2 aromatic heterocycles. The van der Waals surface area contributed by atoms with E-state index in [1.165, 1.54) is 0 Å². The van der Waals surface area contributed by atoms with Crippen molar-refractivity contribution in [3.63, 3.8) is 0 Å². The number of anilines is 1. The summed E-state index contributed by atoms with van der Waals surface area (Å²) < 4.78 is 0. The summed E-state index contributed by atoms with van der Waals surface area (Å²) in [7, 11) is 0. The van der Waals surface area contributed by atoms with E-state index in [0.717, 1.165) is 32.7 Å². The van der Waals surface area contributed by atoms with Crippen LogP contribution in [-0.2, 0) is 11.2 Å². The Kier molecular flexibility index (Phi) is 4.62. The number of H-pyrrole nitrogens is 1. The second-order valence-electron chi connectivity index (χ2n) is 5.88. The first-order chi connectivity index (χ1) is 12.8. The van der Waals surface area contributed by atoms with Gasteiger partial charge in [0, 0.05) is 16.0 Å². The highest BCUT2D eigenvalue weighted by Crippen LogP contribution is 2.21. The number of thiophene rings is 1. The predicted octanol–water partition coefficient (Wildman–Crippen LogP) is 4.98. The Bertz CT molecular complexity index is 1060. The average molecular weight is 359 g/mol. The molecular weight excluding hydrogens is 342 g/mol. The summed E-state index contributed by atoms with van der Waals surface area (Å²) in [6.07, 6.45) is 4.33. The third-order valence-corrected chi connectivity index (χ3v) is 4.95. The van der Waals surface area contributed by atoms with Crippen LogP contribution in [0.2, 0.25) is 0 Å². The van der Waals surface area contributed by atoms with Crippen LogP contribution in [-0.4, -0.2) is 16.1 Å². The standard InChI is InChI=1S/C21H17N3OS/c25-21(14-16-7-5-13-26-16)22-18-9-3-1-6-15(18)11-12-20-17-8-2-4-10-19(17)23-24-20/h1-13H,14H2,(H,22,25)(H,23,24)/b12-11+. The second-order valence-corrected chi connectivity index (χ2v) is 6.91. The van der Waals surface area contributed by atoms with Crippen molar-refractivity contribution in [2.75, 3.05) is 5.32 Å². The summed E-state index contributed by atoms with van der Waals surface area (Å²) in [4.78, 5) is 13.3. The normalized spacial score (nSPS) is 11.2. The van der Waals surface area contributed by atoms with E-state index in [9.17, 15) is 4.79 Å². The van der Waals surface area contributed by atoms with Gasteiger partial charge in [0.25, 0.3) is 0 Å². The Morgan fingerprint density at radius 2 is 1.88 bits per heavy atom. The lowest BCUT2D eigenvalue weighted by atomic mass is 10.1. The maximum atomic E-state index is 12.3. The van der Waals surface area contributed by atoms with E-state index in [1.54, 1.807) is 11.3 Å². The summed E-state index contributed by atoms with van der Waals surface area (Å²) in [5.41, 5.74) is 3.62. The molecule has 4 rings (SSSR count). The van der Waals surface area contributed by atoms with E-state index in [4.69, 9.17) is 0 Å². The summed E-state index contributed by atoms with van der Waals surface area (Å²) in [6.45, 7) is 0. The SMILES string of the molecule is O=C(Cc1cccs1)Nc1ccccc1/C=C/c1n[nH]c2ccccc12. The number of hydrogen-bond acceptors (Lipinski definition) is 3. The minimum atomic E-state index is -0.0153. The van der Waals surface area contributed by atoms with Crippen LogP contribution in [0.5, 0.6) is 0 Å². The zero-order valence-corrected chi connectivity index (χ0v) is 14.8. The number of amides is 1. The molecule has 1 amide bonds. The molecule has 0 saturated heterocycles. The number of nitrogens with one attached hydrogen (secondary N) is 2. The van der Waals surface area contributed by atoms with Gasteiger partial charge in [-0.05, 0) is 35.2 Å². The van der Waals surface area contributed by atoms with Crippen molar-refractivity contribution < 1.29 is 4.79 Å². The van der Waals surface area contributed by atoms with Gasteiger partial charge in [-0.2, -0.15) is 5.10 Å². The number of benzene rings is 2. The minimum absolute atomic E-state index is 0.0153. The molecule has 2 N–H and O–H groups in total. The smallest absolute Gasteiger partial charge is 0.229 e. The summed E-state index contributed by atoms with van der Waals surface area (Å²) >= 11 is 1.59. The van der Waals surface area contributed by atoms with Crippen molar-refractivity contribution >= 4 is 46.0 Å². The maximum absolute atomic E-state index is 12.3. The van der Waals surface area contributed by atoms with Crippen LogP contribution in [0, 0.1) is 0 Å². The number of carbonyl (C=O) groups is 1. The first-order valence-corrected chi connectivity index (χ1v) is 9.20. The molecule has 0 radical (unpaired) electrons. The highest BCUT2D eigenvalue weighted by Gasteiger charge is 2.07. The fraction of sp³-hybridized carbons (Fsp3) is 0.0476. The molecule has 0 aliphatic heterocycles. The van der Waals surface area contributed by atoms with E-state index >= 15 is 0 Å². The van der Waals surface area contributed by atoms with Crippen LogP contribution in [0.25, 0.3) is 23.1 Å². The van der Waals surface area contributed by atoms with Gasteiger partial charge in [-0.25, -0.2) is 0 Å². The predicted molar refractivity (Wildman–Crippen MR) is 108 cm³/mol. The molecule has 2 heterocycles. The maximum Gasteiger partial charge on any atom is 0.229 e. The fourth-order valence-corrected chi connectivity index (χ4v) is 3.51. The average Bonchev–Trinajstić information content (AvgIpc) is 3.31. The molecule has 4 nitrogen and oxygen atoms in total. The van der Waals surface area contributed by atoms with Gasteiger partial charge < -0.3 is 5.32 Å². The van der Waals surface area contributed by atoms with E-state index in [2.05, 4.69) is 15.5 Å². The van der Waals surface area contributed by atoms with Gasteiger partial charge in [-0.15, -0.1) is 11.3 Å². The van der Waals surface area contributed by atoms with Gasteiger partial charge in [0.15, 0.2) is 0 Å². The van der Waals surface area contributed by atoms with Gasteiger partial charge in [0.05, 0.1) is 17.6 Å². The summed E-state index contributed by atoms with van der Waals surface area (Å²) in [5.74, 6) is -0.0153. The van der Waals surface area contributed by atoms with Crippen molar-refractivity contribution in [3.05, 3.63) is 82.2 Å². The molecule has 0 atom stereocenters. The van der Waals surface area contributed by atoms with E-state index in [-0.39, 0.29) is 5.91 Å². The van der Waals surface area contributed by atoms with Gasteiger partial charge in [-0.1, -0.05) is 48.5 Å². The Balaban J connectivity index is 1.54. The Morgan fingerprint density at radius 3 is 2.77 bits per heavy atom. The zero-order chi connectivity index (χ0) is 17.8. The third-order valence-electron chi connectivity index (χ3n) is 4.07. The van der Waals surface area contributed by atoms with Gasteiger partial charge in [0.1, 0.15) is 0 Å². The number of aromatic amines is 1. The second kappa shape index (κ2) is 7.37. The van der Waals surface area contributed by atoms with Crippen LogP contribution in [0.15, 0.2) is 66.0 Å². The molecule has 0 spiro atoms. The largest absolute Gasteiger partial charge is 0.325 e. The first-order valence-electron chi connectivity index (χ1n) is 8.32. The Labute approximate surface area is 155 Å². The zero-order valence-electron chi connectivity index (χ0n) is 14.0. The molecule has 0 bridgehead atoms. The van der Waals surface area contributed by atoms with Gasteiger partial charge >= 0.3 is 0 Å². The lowest BCUT2D eigenvalue weighted by Crippen LogP contribution is -2.14. The highest BCUT2D eigenvalue weighted by atomic mass is 32.1. The Hall–Kier alpha value is -3.18. The minimum Gasteiger partial charge on any atom is -0.325 e. The summed E-state index contributed by atoms with van der Waals surface area (Å²) in [5, 5.41) is 13.4. The molecule has 0 unspecified atom stereocenters. The molecule has 5 heteroatoms. The quantitative estimate of drug-likeness (QED) is 0.528. The van der Waals surface area contributed by atoms with E-state index in [0.29, 0.717) is 6.42 Å². The number of fused-ring (bicyclic) bond motifs is 1. The monoisotopic (exact) mass is 359 g/mol. The molecule has 128 valence electrons. The van der Waals surface area contributed by atoms with Gasteiger partial charge in [-0.3, -0.25) is 9.89 Å². The van der Waals surface area contributed by atoms with Crippen molar-refractivity contribution in [3.8, 4) is 0 Å². The lowest BCUT2D eigenvalue weighted by molar-refractivity contribution is -0.115. The van der Waals surface area contributed by atoms with Gasteiger partial charge in [0.2, 0.25) is 5.91 Å². The fourth-order valence-electron chi connectivity index (χ4n) is 2.80. The lowest BCUT2D eigenvalue weighted by Gasteiger charge is -2.08. The van der Waals surface area contributed by atoms with Crippen molar-refractivity contribution in [2.24, 2.45) is 0 Å². The molecule has 0 saturated carbocycles. The van der Waals surface area contributed by atoms with Crippen LogP contribution in [0.4, 0.5) is 5.69 Å². The Morgan fingerprint density at radius 1 is 1.04 bits per heavy atom. The number of hydrogen-bond donors (Lipinski definition) is 2. The number of para-hydroxylation sites is 2. The van der Waals surface area contributed by atoms with E-state index < -0.39 is 0 Å². The van der Waals surface area contributed by atoms with Crippen LogP contribution >= 0.6 is 11.3 Å².